The van der Waals surface area contributed by atoms with Crippen molar-refractivity contribution in [2.45, 2.75) is 18.0 Å². The minimum absolute atomic E-state index is 0.190. The van der Waals surface area contributed by atoms with Gasteiger partial charge in [0.15, 0.2) is 0 Å². The molecule has 2 aromatic carbocycles. The van der Waals surface area contributed by atoms with Crippen LogP contribution >= 0.6 is 0 Å². The predicted octanol–water partition coefficient (Wildman–Crippen LogP) is 0.282. The standard InChI is InChI=1S/C21H27N3O4S/c1-23(2)16-19-6-4-3-5-18(19)15-22-21(25)17-7-9-20(10-8-17)29(26,27)24-11-13-28-14-12-24/h3-10H,11-16H2,1-2H3,(H,22,25)/p+1. The number of morpholine rings is 1. The Labute approximate surface area is 172 Å². The lowest BCUT2D eigenvalue weighted by Gasteiger charge is -2.26. The predicted molar refractivity (Wildman–Crippen MR) is 110 cm³/mol. The number of rotatable bonds is 7. The molecule has 0 saturated carbocycles. The average Bonchev–Trinajstić information content (AvgIpc) is 2.73. The molecule has 0 aromatic heterocycles. The first-order valence-electron chi connectivity index (χ1n) is 9.70. The molecule has 0 bridgehead atoms. The van der Waals surface area contributed by atoms with Crippen molar-refractivity contribution in [2.75, 3.05) is 40.4 Å². The van der Waals surface area contributed by atoms with Gasteiger partial charge >= 0.3 is 0 Å². The molecule has 1 amide bonds. The summed E-state index contributed by atoms with van der Waals surface area (Å²) in [5, 5.41) is 2.93. The first kappa shape index (κ1) is 21.4. The van der Waals surface area contributed by atoms with E-state index in [1.807, 2.05) is 18.2 Å². The van der Waals surface area contributed by atoms with Gasteiger partial charge in [-0.05, 0) is 29.8 Å². The molecule has 1 fully saturated rings. The maximum atomic E-state index is 12.7. The van der Waals surface area contributed by atoms with E-state index in [1.54, 1.807) is 12.1 Å². The maximum absolute atomic E-state index is 12.7. The van der Waals surface area contributed by atoms with Gasteiger partial charge in [0.2, 0.25) is 10.0 Å². The highest BCUT2D eigenvalue weighted by atomic mass is 32.2. The van der Waals surface area contributed by atoms with Crippen LogP contribution in [0.2, 0.25) is 0 Å². The molecular formula is C21H28N3O4S+. The summed E-state index contributed by atoms with van der Waals surface area (Å²) < 4.78 is 32.0. The molecule has 1 heterocycles. The van der Waals surface area contributed by atoms with Crippen LogP contribution in [-0.2, 0) is 27.8 Å². The highest BCUT2D eigenvalue weighted by Gasteiger charge is 2.26. The zero-order chi connectivity index (χ0) is 20.9. The van der Waals surface area contributed by atoms with E-state index in [1.165, 1.54) is 26.9 Å². The van der Waals surface area contributed by atoms with Crippen molar-refractivity contribution in [3.63, 3.8) is 0 Å². The van der Waals surface area contributed by atoms with Crippen LogP contribution in [0.3, 0.4) is 0 Å². The second-order valence-corrected chi connectivity index (χ2v) is 9.31. The van der Waals surface area contributed by atoms with Crippen LogP contribution in [0.15, 0.2) is 53.4 Å². The third kappa shape index (κ3) is 5.42. The molecule has 1 saturated heterocycles. The SMILES string of the molecule is C[NH+](C)Cc1ccccc1CNC(=O)c1ccc(S(=O)(=O)N2CCOCC2)cc1. The van der Waals surface area contributed by atoms with Crippen molar-refractivity contribution < 1.29 is 22.8 Å². The maximum Gasteiger partial charge on any atom is 0.251 e. The average molecular weight is 419 g/mol. The van der Waals surface area contributed by atoms with Gasteiger partial charge in [-0.1, -0.05) is 24.3 Å². The Kier molecular flexibility index (Phi) is 7.02. The van der Waals surface area contributed by atoms with Crippen molar-refractivity contribution in [1.82, 2.24) is 9.62 Å². The second-order valence-electron chi connectivity index (χ2n) is 7.38. The number of sulfonamides is 1. The second kappa shape index (κ2) is 9.49. The molecule has 0 unspecified atom stereocenters. The Morgan fingerprint density at radius 2 is 1.66 bits per heavy atom. The highest BCUT2D eigenvalue weighted by molar-refractivity contribution is 7.89. The molecule has 1 aliphatic heterocycles. The quantitative estimate of drug-likeness (QED) is 0.677. The number of nitrogens with zero attached hydrogens (tertiary/aromatic N) is 1. The number of amides is 1. The Hall–Kier alpha value is -2.26. The number of nitrogens with one attached hydrogen (secondary N) is 2. The Morgan fingerprint density at radius 1 is 1.03 bits per heavy atom. The minimum atomic E-state index is -3.56. The summed E-state index contributed by atoms with van der Waals surface area (Å²) in [5.41, 5.74) is 2.70. The van der Waals surface area contributed by atoms with Gasteiger partial charge in [-0.3, -0.25) is 4.79 Å². The summed E-state index contributed by atoms with van der Waals surface area (Å²) in [5.74, 6) is -0.229. The molecule has 0 spiro atoms. The molecule has 2 aromatic rings. The molecular weight excluding hydrogens is 390 g/mol. The van der Waals surface area contributed by atoms with Crippen LogP contribution in [0.4, 0.5) is 0 Å². The summed E-state index contributed by atoms with van der Waals surface area (Å²) in [7, 11) is 0.613. The van der Waals surface area contributed by atoms with Crippen LogP contribution in [0.1, 0.15) is 21.5 Å². The first-order chi connectivity index (χ1) is 13.9. The normalized spacial score (nSPS) is 15.4. The monoisotopic (exact) mass is 418 g/mol. The lowest BCUT2D eigenvalue weighted by Crippen LogP contribution is -3.04. The Bertz CT molecular complexity index is 937. The molecule has 0 atom stereocenters. The lowest BCUT2D eigenvalue weighted by atomic mass is 10.1. The molecule has 0 aliphatic carbocycles. The van der Waals surface area contributed by atoms with Crippen molar-refractivity contribution in [3.05, 3.63) is 65.2 Å². The van der Waals surface area contributed by atoms with Gasteiger partial charge < -0.3 is 15.0 Å². The summed E-state index contributed by atoms with van der Waals surface area (Å²) in [6.45, 7) is 2.79. The molecule has 2 N–H and O–H groups in total. The smallest absolute Gasteiger partial charge is 0.251 e. The van der Waals surface area contributed by atoms with Gasteiger partial charge in [-0.2, -0.15) is 4.31 Å². The highest BCUT2D eigenvalue weighted by Crippen LogP contribution is 2.18. The largest absolute Gasteiger partial charge is 0.379 e. The summed E-state index contributed by atoms with van der Waals surface area (Å²) in [6, 6.07) is 14.1. The fourth-order valence-electron chi connectivity index (χ4n) is 3.28. The molecule has 8 heteroatoms. The van der Waals surface area contributed by atoms with E-state index in [-0.39, 0.29) is 10.8 Å². The lowest BCUT2D eigenvalue weighted by molar-refractivity contribution is -0.872. The Morgan fingerprint density at radius 3 is 2.28 bits per heavy atom. The summed E-state index contributed by atoms with van der Waals surface area (Å²) in [6.07, 6.45) is 0. The van der Waals surface area contributed by atoms with Gasteiger partial charge in [0.25, 0.3) is 5.91 Å². The first-order valence-corrected chi connectivity index (χ1v) is 11.1. The number of carbonyl (C=O) groups is 1. The van der Waals surface area contributed by atoms with E-state index in [0.717, 1.165) is 12.1 Å². The van der Waals surface area contributed by atoms with E-state index >= 15 is 0 Å². The third-order valence-electron chi connectivity index (χ3n) is 4.83. The van der Waals surface area contributed by atoms with Crippen LogP contribution in [0, 0.1) is 0 Å². The number of hydrogen-bond donors (Lipinski definition) is 2. The molecule has 7 nitrogen and oxygen atoms in total. The van der Waals surface area contributed by atoms with Crippen molar-refractivity contribution >= 4 is 15.9 Å². The van der Waals surface area contributed by atoms with Gasteiger partial charge in [0.1, 0.15) is 6.54 Å². The van der Waals surface area contributed by atoms with E-state index < -0.39 is 10.0 Å². The van der Waals surface area contributed by atoms with E-state index in [4.69, 9.17) is 4.74 Å². The summed E-state index contributed by atoms with van der Waals surface area (Å²) >= 11 is 0. The van der Waals surface area contributed by atoms with Crippen molar-refractivity contribution in [2.24, 2.45) is 0 Å². The number of benzene rings is 2. The zero-order valence-corrected chi connectivity index (χ0v) is 17.7. The third-order valence-corrected chi connectivity index (χ3v) is 6.74. The van der Waals surface area contributed by atoms with Crippen LogP contribution in [0.5, 0.6) is 0 Å². The number of quaternary nitrogens is 1. The number of carbonyl (C=O) groups excluding carboxylic acids is 1. The van der Waals surface area contributed by atoms with Gasteiger partial charge in [0.05, 0.1) is 32.2 Å². The molecule has 0 radical (unpaired) electrons. The number of ether oxygens (including phenoxy) is 1. The molecule has 156 valence electrons. The van der Waals surface area contributed by atoms with Gasteiger partial charge in [-0.15, -0.1) is 0 Å². The molecule has 29 heavy (non-hydrogen) atoms. The fraction of sp³-hybridized carbons (Fsp3) is 0.381. The van der Waals surface area contributed by atoms with Crippen molar-refractivity contribution in [3.8, 4) is 0 Å². The van der Waals surface area contributed by atoms with E-state index in [9.17, 15) is 13.2 Å². The van der Waals surface area contributed by atoms with Crippen LogP contribution in [-0.4, -0.2) is 59.0 Å². The Balaban J connectivity index is 1.65. The fourth-order valence-corrected chi connectivity index (χ4v) is 4.68. The minimum Gasteiger partial charge on any atom is -0.379 e. The van der Waals surface area contributed by atoms with E-state index in [2.05, 4.69) is 25.5 Å². The van der Waals surface area contributed by atoms with E-state index in [0.29, 0.717) is 38.4 Å². The van der Waals surface area contributed by atoms with Crippen LogP contribution < -0.4 is 10.2 Å². The zero-order valence-electron chi connectivity index (χ0n) is 16.8. The number of hydrogen-bond acceptors (Lipinski definition) is 4. The molecule has 3 rings (SSSR count). The molecule has 1 aliphatic rings. The van der Waals surface area contributed by atoms with Gasteiger partial charge in [-0.25, -0.2) is 8.42 Å². The summed E-state index contributed by atoms with van der Waals surface area (Å²) in [4.78, 5) is 14.0. The topological polar surface area (TPSA) is 80.2 Å². The van der Waals surface area contributed by atoms with Crippen molar-refractivity contribution in [1.29, 1.82) is 0 Å². The van der Waals surface area contributed by atoms with Gasteiger partial charge in [0, 0.05) is 30.8 Å². The van der Waals surface area contributed by atoms with Crippen LogP contribution in [0.25, 0.3) is 0 Å².